The SMILES string of the molecule is CC(C)n1cc(C#Cc2ccc3c(c2)OCC3N(C)C(=O)c2ccc3nc(N)c4cnn(C)c4c3c2)cn1. The molecule has 2 aromatic carbocycles. The molecule has 1 aliphatic heterocycles. The summed E-state index contributed by atoms with van der Waals surface area (Å²) in [7, 11) is 3.66. The van der Waals surface area contributed by atoms with Gasteiger partial charge >= 0.3 is 0 Å². The largest absolute Gasteiger partial charge is 0.491 e. The number of nitrogen functional groups attached to an aromatic ring is 1. The maximum atomic E-state index is 13.6. The summed E-state index contributed by atoms with van der Waals surface area (Å²) in [5, 5.41) is 10.3. The van der Waals surface area contributed by atoms with Crippen molar-refractivity contribution in [3.63, 3.8) is 0 Å². The van der Waals surface area contributed by atoms with E-state index >= 15 is 0 Å². The summed E-state index contributed by atoms with van der Waals surface area (Å²) in [5.41, 5.74) is 10.9. The van der Waals surface area contributed by atoms with Crippen molar-refractivity contribution in [2.45, 2.75) is 25.9 Å². The van der Waals surface area contributed by atoms with Crippen molar-refractivity contribution in [3.05, 3.63) is 77.2 Å². The summed E-state index contributed by atoms with van der Waals surface area (Å²) in [5.74, 6) is 7.41. The van der Waals surface area contributed by atoms with Gasteiger partial charge in [0.05, 0.1) is 40.4 Å². The number of nitrogens with zero attached hydrogens (tertiary/aromatic N) is 6. The summed E-state index contributed by atoms with van der Waals surface area (Å²) in [6, 6.07) is 11.4. The third-order valence-corrected chi connectivity index (χ3v) is 6.99. The molecule has 9 heteroatoms. The average Bonchev–Trinajstić information content (AvgIpc) is 3.65. The number of carbonyl (C=O) groups excluding carboxylic acids is 1. The summed E-state index contributed by atoms with van der Waals surface area (Å²) < 4.78 is 9.62. The molecule has 6 rings (SSSR count). The van der Waals surface area contributed by atoms with Crippen LogP contribution < -0.4 is 10.5 Å². The standard InChI is InChI=1S/C29H27N7O2/c1-17(2)36-15-19(13-32-36)6-5-18-7-9-21-25(16-38-26(21)11-18)34(3)29(37)20-8-10-24-22(12-20)27-23(28(30)33-24)14-31-35(27)4/h7-15,17,25H,16H2,1-4H3,(H2,30,33). The number of hydrogen-bond acceptors (Lipinski definition) is 6. The summed E-state index contributed by atoms with van der Waals surface area (Å²) in [4.78, 5) is 19.8. The number of amides is 1. The second kappa shape index (κ2) is 8.92. The molecule has 3 aromatic heterocycles. The Bertz CT molecular complexity index is 1790. The molecule has 1 atom stereocenters. The van der Waals surface area contributed by atoms with Gasteiger partial charge in [-0.05, 0) is 44.2 Å². The van der Waals surface area contributed by atoms with Crippen LogP contribution >= 0.6 is 0 Å². The monoisotopic (exact) mass is 505 g/mol. The number of aromatic nitrogens is 5. The van der Waals surface area contributed by atoms with E-state index in [-0.39, 0.29) is 18.0 Å². The normalized spacial score (nSPS) is 14.4. The Morgan fingerprint density at radius 2 is 1.92 bits per heavy atom. The smallest absolute Gasteiger partial charge is 0.254 e. The zero-order valence-electron chi connectivity index (χ0n) is 21.6. The lowest BCUT2D eigenvalue weighted by atomic mass is 10.0. The van der Waals surface area contributed by atoms with Crippen LogP contribution in [-0.2, 0) is 7.05 Å². The van der Waals surface area contributed by atoms with Crippen molar-refractivity contribution in [1.82, 2.24) is 29.4 Å². The first kappa shape index (κ1) is 23.6. The highest BCUT2D eigenvalue weighted by Gasteiger charge is 2.31. The molecule has 0 spiro atoms. The number of anilines is 1. The van der Waals surface area contributed by atoms with Crippen LogP contribution in [0.1, 0.15) is 53.0 Å². The third kappa shape index (κ3) is 3.91. The molecule has 0 saturated heterocycles. The topological polar surface area (TPSA) is 104 Å². The van der Waals surface area contributed by atoms with Crippen LogP contribution in [-0.4, -0.2) is 49.0 Å². The molecule has 0 bridgehead atoms. The van der Waals surface area contributed by atoms with Crippen molar-refractivity contribution >= 4 is 33.5 Å². The van der Waals surface area contributed by atoms with Crippen LogP contribution in [0.4, 0.5) is 5.82 Å². The lowest BCUT2D eigenvalue weighted by Crippen LogP contribution is -2.32. The number of nitrogens with two attached hydrogens (primary N) is 1. The lowest BCUT2D eigenvalue weighted by Gasteiger charge is -2.24. The minimum atomic E-state index is -0.208. The van der Waals surface area contributed by atoms with Gasteiger partial charge in [0.15, 0.2) is 0 Å². The van der Waals surface area contributed by atoms with Gasteiger partial charge in [-0.1, -0.05) is 17.9 Å². The van der Waals surface area contributed by atoms with Gasteiger partial charge in [-0.25, -0.2) is 4.98 Å². The van der Waals surface area contributed by atoms with Gasteiger partial charge in [0, 0.05) is 48.4 Å². The second-order valence-electron chi connectivity index (χ2n) is 9.81. The maximum Gasteiger partial charge on any atom is 0.254 e. The Balaban J connectivity index is 1.26. The van der Waals surface area contributed by atoms with Crippen molar-refractivity contribution < 1.29 is 9.53 Å². The fourth-order valence-corrected chi connectivity index (χ4v) is 4.86. The molecule has 1 aliphatic rings. The molecular weight excluding hydrogens is 478 g/mol. The zero-order valence-corrected chi connectivity index (χ0v) is 21.6. The fraction of sp³-hybridized carbons (Fsp3) is 0.241. The highest BCUT2D eigenvalue weighted by atomic mass is 16.5. The van der Waals surface area contributed by atoms with Gasteiger partial charge < -0.3 is 15.4 Å². The Kier molecular flexibility index (Phi) is 5.53. The number of hydrogen-bond donors (Lipinski definition) is 1. The van der Waals surface area contributed by atoms with Crippen LogP contribution in [0.25, 0.3) is 21.8 Å². The van der Waals surface area contributed by atoms with E-state index in [2.05, 4.69) is 40.9 Å². The highest BCUT2D eigenvalue weighted by Crippen LogP contribution is 2.37. The molecule has 9 nitrogen and oxygen atoms in total. The minimum absolute atomic E-state index is 0.105. The van der Waals surface area contributed by atoms with E-state index in [1.54, 1.807) is 35.1 Å². The zero-order chi connectivity index (χ0) is 26.6. The Labute approximate surface area is 219 Å². The van der Waals surface area contributed by atoms with Gasteiger partial charge in [0.25, 0.3) is 5.91 Å². The van der Waals surface area contributed by atoms with E-state index < -0.39 is 0 Å². The third-order valence-electron chi connectivity index (χ3n) is 6.99. The molecule has 4 heterocycles. The predicted molar refractivity (Wildman–Crippen MR) is 146 cm³/mol. The molecule has 1 amide bonds. The number of aryl methyl sites for hydroxylation is 1. The number of rotatable bonds is 3. The number of ether oxygens (including phenoxy) is 1. The fourth-order valence-electron chi connectivity index (χ4n) is 4.86. The second-order valence-corrected chi connectivity index (χ2v) is 9.81. The average molecular weight is 506 g/mol. The van der Waals surface area contributed by atoms with Crippen LogP contribution in [0.3, 0.4) is 0 Å². The lowest BCUT2D eigenvalue weighted by molar-refractivity contribution is 0.0708. The molecule has 38 heavy (non-hydrogen) atoms. The summed E-state index contributed by atoms with van der Waals surface area (Å²) in [6.45, 7) is 4.54. The van der Waals surface area contributed by atoms with E-state index in [4.69, 9.17) is 10.5 Å². The quantitative estimate of drug-likeness (QED) is 0.371. The molecule has 1 unspecified atom stereocenters. The van der Waals surface area contributed by atoms with Gasteiger partial charge in [-0.2, -0.15) is 10.2 Å². The molecule has 0 aliphatic carbocycles. The molecule has 0 radical (unpaired) electrons. The van der Waals surface area contributed by atoms with Crippen molar-refractivity contribution in [2.24, 2.45) is 7.05 Å². The summed E-state index contributed by atoms with van der Waals surface area (Å²) >= 11 is 0. The van der Waals surface area contributed by atoms with Crippen molar-refractivity contribution in [1.29, 1.82) is 0 Å². The Morgan fingerprint density at radius 1 is 1.11 bits per heavy atom. The first-order chi connectivity index (χ1) is 18.3. The first-order valence-corrected chi connectivity index (χ1v) is 12.4. The van der Waals surface area contributed by atoms with Crippen molar-refractivity contribution in [2.75, 3.05) is 19.4 Å². The van der Waals surface area contributed by atoms with Crippen LogP contribution in [0.15, 0.2) is 55.0 Å². The van der Waals surface area contributed by atoms with E-state index in [0.29, 0.717) is 18.0 Å². The molecule has 190 valence electrons. The number of benzene rings is 2. The van der Waals surface area contributed by atoms with E-state index in [9.17, 15) is 4.79 Å². The molecule has 5 aromatic rings. The number of fused-ring (bicyclic) bond motifs is 4. The van der Waals surface area contributed by atoms with Crippen LogP contribution in [0, 0.1) is 11.8 Å². The van der Waals surface area contributed by atoms with E-state index in [0.717, 1.165) is 44.2 Å². The van der Waals surface area contributed by atoms with Crippen molar-refractivity contribution in [3.8, 4) is 17.6 Å². The molecule has 0 saturated carbocycles. The number of pyridine rings is 1. The molecule has 2 N–H and O–H groups in total. The highest BCUT2D eigenvalue weighted by molar-refractivity contribution is 6.10. The summed E-state index contributed by atoms with van der Waals surface area (Å²) in [6.07, 6.45) is 5.40. The van der Waals surface area contributed by atoms with Crippen LogP contribution in [0.2, 0.25) is 0 Å². The first-order valence-electron chi connectivity index (χ1n) is 12.4. The minimum Gasteiger partial charge on any atom is -0.491 e. The van der Waals surface area contributed by atoms with E-state index in [1.807, 2.05) is 48.3 Å². The molecular formula is C29H27N7O2. The van der Waals surface area contributed by atoms with E-state index in [1.165, 1.54) is 0 Å². The number of likely N-dealkylation sites (N-methyl/N-ethyl adjacent to an activating group) is 1. The van der Waals surface area contributed by atoms with Gasteiger partial charge in [0.2, 0.25) is 0 Å². The van der Waals surface area contributed by atoms with Gasteiger partial charge in [0.1, 0.15) is 18.2 Å². The Morgan fingerprint density at radius 3 is 2.71 bits per heavy atom. The maximum absolute atomic E-state index is 13.6. The number of carbonyl (C=O) groups is 1. The molecule has 0 fully saturated rings. The predicted octanol–water partition coefficient (Wildman–Crippen LogP) is 4.09. The van der Waals surface area contributed by atoms with Gasteiger partial charge in [-0.15, -0.1) is 0 Å². The van der Waals surface area contributed by atoms with Crippen LogP contribution in [0.5, 0.6) is 5.75 Å². The van der Waals surface area contributed by atoms with Gasteiger partial charge in [-0.3, -0.25) is 14.2 Å². The Hall–Kier alpha value is -4.84.